The Kier molecular flexibility index (Phi) is 3.45. The smallest absolute Gasteiger partial charge is 0.306 e. The zero-order valence-electron chi connectivity index (χ0n) is 12.3. The molecule has 0 radical (unpaired) electrons. The van der Waals surface area contributed by atoms with Crippen molar-refractivity contribution in [1.82, 2.24) is 9.97 Å². The van der Waals surface area contributed by atoms with Crippen LogP contribution in [0.25, 0.3) is 11.4 Å². The lowest BCUT2D eigenvalue weighted by Gasteiger charge is -2.22. The van der Waals surface area contributed by atoms with Gasteiger partial charge in [0.2, 0.25) is 0 Å². The molecule has 1 aromatic heterocycles. The van der Waals surface area contributed by atoms with Crippen LogP contribution in [0.5, 0.6) is 0 Å². The lowest BCUT2D eigenvalue weighted by atomic mass is 9.86. The van der Waals surface area contributed by atoms with E-state index < -0.39 is 5.97 Å². The second-order valence-corrected chi connectivity index (χ2v) is 5.71. The minimum Gasteiger partial charge on any atom is -0.481 e. The lowest BCUT2D eigenvalue weighted by Crippen LogP contribution is -2.24. The zero-order chi connectivity index (χ0) is 15.0. The van der Waals surface area contributed by atoms with E-state index in [0.29, 0.717) is 19.3 Å². The van der Waals surface area contributed by atoms with Crippen LogP contribution in [0.2, 0.25) is 0 Å². The van der Waals surface area contributed by atoms with Gasteiger partial charge in [-0.25, -0.2) is 9.97 Å². The average Bonchev–Trinajstić information content (AvgIpc) is 2.46. The molecule has 4 heteroatoms. The molecule has 2 aromatic rings. The molecule has 1 aromatic carbocycles. The molecule has 21 heavy (non-hydrogen) atoms. The highest BCUT2D eigenvalue weighted by molar-refractivity contribution is 5.71. The average molecular weight is 282 g/mol. The van der Waals surface area contributed by atoms with Crippen molar-refractivity contribution in [2.75, 3.05) is 0 Å². The summed E-state index contributed by atoms with van der Waals surface area (Å²) < 4.78 is 0. The third-order valence-electron chi connectivity index (χ3n) is 4.11. The maximum Gasteiger partial charge on any atom is 0.306 e. The summed E-state index contributed by atoms with van der Waals surface area (Å²) in [6.07, 6.45) is 1.92. The van der Waals surface area contributed by atoms with Gasteiger partial charge in [-0.05, 0) is 44.7 Å². The first kappa shape index (κ1) is 13.7. The van der Waals surface area contributed by atoms with E-state index in [1.54, 1.807) is 0 Å². The van der Waals surface area contributed by atoms with Crippen LogP contribution >= 0.6 is 0 Å². The van der Waals surface area contributed by atoms with Crippen LogP contribution in [-0.4, -0.2) is 21.0 Å². The van der Waals surface area contributed by atoms with Gasteiger partial charge in [0.05, 0.1) is 5.92 Å². The van der Waals surface area contributed by atoms with Gasteiger partial charge in [0, 0.05) is 17.0 Å². The van der Waals surface area contributed by atoms with E-state index in [1.165, 1.54) is 5.56 Å². The van der Waals surface area contributed by atoms with Crippen molar-refractivity contribution in [3.63, 3.8) is 0 Å². The van der Waals surface area contributed by atoms with Crippen molar-refractivity contribution in [3.05, 3.63) is 46.8 Å². The topological polar surface area (TPSA) is 63.1 Å². The molecule has 0 aliphatic heterocycles. The fourth-order valence-corrected chi connectivity index (χ4v) is 2.91. The molecule has 1 atom stereocenters. The van der Waals surface area contributed by atoms with E-state index in [2.05, 4.69) is 16.0 Å². The van der Waals surface area contributed by atoms with Gasteiger partial charge >= 0.3 is 5.97 Å². The number of hydrogen-bond donors (Lipinski definition) is 1. The number of benzene rings is 1. The second-order valence-electron chi connectivity index (χ2n) is 5.71. The number of hydrogen-bond acceptors (Lipinski definition) is 3. The van der Waals surface area contributed by atoms with Gasteiger partial charge in [0.15, 0.2) is 5.82 Å². The molecule has 3 rings (SSSR count). The summed E-state index contributed by atoms with van der Waals surface area (Å²) in [5.74, 6) is -0.281. The van der Waals surface area contributed by atoms with Crippen molar-refractivity contribution in [2.45, 2.75) is 33.1 Å². The predicted octanol–water partition coefficient (Wildman–Crippen LogP) is 2.95. The van der Waals surface area contributed by atoms with Gasteiger partial charge in [-0.15, -0.1) is 0 Å². The second kappa shape index (κ2) is 5.28. The van der Waals surface area contributed by atoms with Gasteiger partial charge in [0.25, 0.3) is 0 Å². The monoisotopic (exact) mass is 282 g/mol. The molecular formula is C17H18N2O2. The summed E-state index contributed by atoms with van der Waals surface area (Å²) in [5.41, 5.74) is 5.13. The summed E-state index contributed by atoms with van der Waals surface area (Å²) in [4.78, 5) is 20.4. The summed E-state index contributed by atoms with van der Waals surface area (Å²) in [7, 11) is 0. The number of nitrogens with zero attached hydrogens (tertiary/aromatic N) is 2. The van der Waals surface area contributed by atoms with Crippen molar-refractivity contribution >= 4 is 5.97 Å². The largest absolute Gasteiger partial charge is 0.481 e. The van der Waals surface area contributed by atoms with Crippen molar-refractivity contribution in [2.24, 2.45) is 5.92 Å². The van der Waals surface area contributed by atoms with Crippen LogP contribution in [0.4, 0.5) is 0 Å². The van der Waals surface area contributed by atoms with E-state index in [1.807, 2.05) is 32.0 Å². The van der Waals surface area contributed by atoms with Crippen LogP contribution in [0.3, 0.4) is 0 Å². The third kappa shape index (κ3) is 2.66. The first-order valence-corrected chi connectivity index (χ1v) is 7.21. The van der Waals surface area contributed by atoms with E-state index in [-0.39, 0.29) is 5.92 Å². The van der Waals surface area contributed by atoms with Gasteiger partial charge in [-0.1, -0.05) is 23.8 Å². The molecule has 1 N–H and O–H groups in total. The zero-order valence-corrected chi connectivity index (χ0v) is 12.3. The molecule has 1 aliphatic rings. The molecule has 4 nitrogen and oxygen atoms in total. The number of fused-ring (bicyclic) bond motifs is 1. The van der Waals surface area contributed by atoms with Crippen molar-refractivity contribution in [1.29, 1.82) is 0 Å². The Morgan fingerprint density at radius 2 is 2.10 bits per heavy atom. The Hall–Kier alpha value is -2.23. The minimum atomic E-state index is -0.720. The maximum atomic E-state index is 11.2. The van der Waals surface area contributed by atoms with Crippen LogP contribution < -0.4 is 0 Å². The van der Waals surface area contributed by atoms with Gasteiger partial charge in [-0.3, -0.25) is 4.79 Å². The molecule has 108 valence electrons. The van der Waals surface area contributed by atoms with Crippen LogP contribution in [-0.2, 0) is 17.6 Å². The molecule has 0 saturated heterocycles. The Morgan fingerprint density at radius 3 is 2.81 bits per heavy atom. The van der Waals surface area contributed by atoms with Gasteiger partial charge < -0.3 is 5.11 Å². The lowest BCUT2D eigenvalue weighted by molar-refractivity contribution is -0.142. The number of carboxylic acids is 1. The first-order chi connectivity index (χ1) is 10.0. The number of carboxylic acid groups (broad SMARTS) is 1. The van der Waals surface area contributed by atoms with E-state index >= 15 is 0 Å². The van der Waals surface area contributed by atoms with E-state index in [0.717, 1.165) is 28.3 Å². The molecule has 0 saturated carbocycles. The summed E-state index contributed by atoms with van der Waals surface area (Å²) in [6.45, 7) is 4.00. The molecule has 1 heterocycles. The fraction of sp³-hybridized carbons (Fsp3) is 0.353. The van der Waals surface area contributed by atoms with Crippen molar-refractivity contribution < 1.29 is 9.90 Å². The highest BCUT2D eigenvalue weighted by Gasteiger charge is 2.27. The predicted molar refractivity (Wildman–Crippen MR) is 80.1 cm³/mol. The standard InChI is InChI=1S/C17H18N2O2/c1-10-4-3-5-12(8-10)16-18-11(2)14-9-13(17(20)21)6-7-15(14)19-16/h3-5,8,13H,6-7,9H2,1-2H3,(H,20,21). The Labute approximate surface area is 123 Å². The van der Waals surface area contributed by atoms with Crippen LogP contribution in [0.15, 0.2) is 24.3 Å². The van der Waals surface area contributed by atoms with Crippen LogP contribution in [0, 0.1) is 19.8 Å². The highest BCUT2D eigenvalue weighted by atomic mass is 16.4. The summed E-state index contributed by atoms with van der Waals surface area (Å²) in [5, 5.41) is 9.18. The number of aryl methyl sites for hydroxylation is 3. The van der Waals surface area contributed by atoms with E-state index in [9.17, 15) is 9.90 Å². The summed E-state index contributed by atoms with van der Waals surface area (Å²) >= 11 is 0. The van der Waals surface area contributed by atoms with Gasteiger partial charge in [-0.2, -0.15) is 0 Å². The molecule has 0 spiro atoms. The quantitative estimate of drug-likeness (QED) is 0.919. The molecule has 0 amide bonds. The number of rotatable bonds is 2. The highest BCUT2D eigenvalue weighted by Crippen LogP contribution is 2.28. The van der Waals surface area contributed by atoms with Crippen molar-refractivity contribution in [3.8, 4) is 11.4 Å². The number of carbonyl (C=O) groups is 1. The van der Waals surface area contributed by atoms with Gasteiger partial charge in [0.1, 0.15) is 0 Å². The molecule has 1 unspecified atom stereocenters. The Morgan fingerprint density at radius 1 is 1.29 bits per heavy atom. The Balaban J connectivity index is 2.01. The fourth-order valence-electron chi connectivity index (χ4n) is 2.91. The SMILES string of the molecule is Cc1cccc(-c2nc(C)c3c(n2)CCC(C(=O)O)C3)c1. The third-order valence-corrected chi connectivity index (χ3v) is 4.11. The Bertz CT molecular complexity index is 710. The normalized spacial score (nSPS) is 17.3. The number of aromatic nitrogens is 2. The maximum absolute atomic E-state index is 11.2. The van der Waals surface area contributed by atoms with E-state index in [4.69, 9.17) is 0 Å². The molecular weight excluding hydrogens is 264 g/mol. The molecule has 0 bridgehead atoms. The first-order valence-electron chi connectivity index (χ1n) is 7.21. The number of aliphatic carboxylic acids is 1. The summed E-state index contributed by atoms with van der Waals surface area (Å²) in [6, 6.07) is 8.14. The molecule has 0 fully saturated rings. The molecule has 1 aliphatic carbocycles. The van der Waals surface area contributed by atoms with Crippen LogP contribution in [0.1, 0.15) is 28.9 Å². The minimum absolute atomic E-state index is 0.301.